The van der Waals surface area contributed by atoms with Gasteiger partial charge in [-0.2, -0.15) is 0 Å². The third-order valence-electron chi connectivity index (χ3n) is 5.74. The molecular formula is C17H34O5Si. The van der Waals surface area contributed by atoms with Gasteiger partial charge in [-0.15, -0.1) is 0 Å². The molecule has 0 aromatic heterocycles. The second kappa shape index (κ2) is 6.73. The van der Waals surface area contributed by atoms with Gasteiger partial charge in [0.25, 0.3) is 0 Å². The summed E-state index contributed by atoms with van der Waals surface area (Å²) in [6, 6.07) is 0. The quantitative estimate of drug-likeness (QED) is 0.591. The summed E-state index contributed by atoms with van der Waals surface area (Å²) in [5.74, 6) is 0. The summed E-state index contributed by atoms with van der Waals surface area (Å²) in [5, 5.41) is 9.58. The topological polar surface area (TPSA) is 60.5 Å². The van der Waals surface area contributed by atoms with Crippen molar-refractivity contribution in [1.29, 1.82) is 0 Å². The van der Waals surface area contributed by atoms with Crippen LogP contribution in [0.15, 0.2) is 0 Å². The maximum atomic E-state index is 9.41. The minimum Gasteiger partial charge on any atom is -0.411 e. The van der Waals surface area contributed by atoms with Crippen molar-refractivity contribution in [2.24, 2.45) is 0 Å². The van der Waals surface area contributed by atoms with Crippen LogP contribution in [-0.4, -0.2) is 57.3 Å². The molecule has 0 aliphatic carbocycles. The van der Waals surface area contributed by atoms with Crippen LogP contribution >= 0.6 is 0 Å². The molecule has 0 aromatic carbocycles. The Hall–Kier alpha value is 0.0169. The molecule has 2 saturated heterocycles. The number of methoxy groups -OCH3 is 1. The minimum atomic E-state index is -1.85. The van der Waals surface area contributed by atoms with Crippen molar-refractivity contribution in [3.05, 3.63) is 0 Å². The molecule has 1 unspecified atom stereocenters. The third kappa shape index (κ3) is 4.35. The van der Waals surface area contributed by atoms with Gasteiger partial charge in [0.2, 0.25) is 0 Å². The van der Waals surface area contributed by atoms with E-state index in [1.807, 2.05) is 6.92 Å². The number of hydrogen-bond donors (Lipinski definition) is 1. The van der Waals surface area contributed by atoms with Crippen LogP contribution in [0.4, 0.5) is 0 Å². The number of hydrogen-bond acceptors (Lipinski definition) is 5. The molecule has 0 aromatic rings. The average Bonchev–Trinajstić information content (AvgIpc) is 3.10. The zero-order valence-corrected chi connectivity index (χ0v) is 16.7. The van der Waals surface area contributed by atoms with E-state index in [1.54, 1.807) is 7.11 Å². The van der Waals surface area contributed by atoms with Crippen LogP contribution < -0.4 is 0 Å². The third-order valence-corrected chi connectivity index (χ3v) is 10.2. The van der Waals surface area contributed by atoms with Crippen molar-refractivity contribution in [3.8, 4) is 0 Å². The van der Waals surface area contributed by atoms with Crippen molar-refractivity contribution < 1.29 is 23.7 Å². The maximum absolute atomic E-state index is 9.41. The normalized spacial score (nSPS) is 38.6. The second-order valence-corrected chi connectivity index (χ2v) is 13.4. The molecule has 2 rings (SSSR count). The molecule has 2 aliphatic heterocycles. The molecule has 0 bridgehead atoms. The summed E-state index contributed by atoms with van der Waals surface area (Å²) >= 11 is 0. The van der Waals surface area contributed by atoms with Crippen LogP contribution in [0.2, 0.25) is 18.1 Å². The van der Waals surface area contributed by atoms with Gasteiger partial charge in [0, 0.05) is 20.0 Å². The summed E-state index contributed by atoms with van der Waals surface area (Å²) in [4.78, 5) is 0. The van der Waals surface area contributed by atoms with E-state index in [9.17, 15) is 5.11 Å². The summed E-state index contributed by atoms with van der Waals surface area (Å²) in [6.07, 6.45) is 2.46. The summed E-state index contributed by atoms with van der Waals surface area (Å²) in [5.41, 5.74) is -0.412. The fraction of sp³-hybridized carbons (Fsp3) is 1.00. The molecule has 6 heteroatoms. The van der Waals surface area contributed by atoms with E-state index in [2.05, 4.69) is 33.9 Å². The zero-order chi connectivity index (χ0) is 17.5. The molecular weight excluding hydrogens is 312 g/mol. The molecule has 0 amide bonds. The Balaban J connectivity index is 2.04. The Morgan fingerprint density at radius 2 is 1.91 bits per heavy atom. The average molecular weight is 347 g/mol. The molecule has 2 heterocycles. The van der Waals surface area contributed by atoms with E-state index in [0.717, 1.165) is 19.3 Å². The molecule has 0 saturated carbocycles. The van der Waals surface area contributed by atoms with Gasteiger partial charge in [-0.3, -0.25) is 0 Å². The maximum Gasteiger partial charge on any atom is 0.192 e. The molecule has 23 heavy (non-hydrogen) atoms. The minimum absolute atomic E-state index is 0.0404. The predicted molar refractivity (Wildman–Crippen MR) is 92.0 cm³/mol. The van der Waals surface area contributed by atoms with Crippen LogP contribution in [0, 0.1) is 0 Å². The van der Waals surface area contributed by atoms with Crippen LogP contribution in [-0.2, 0) is 18.6 Å². The first kappa shape index (κ1) is 19.3. The predicted octanol–water partition coefficient (Wildman–Crippen LogP) is 3.07. The van der Waals surface area contributed by atoms with Gasteiger partial charge >= 0.3 is 0 Å². The molecule has 0 spiro atoms. The molecule has 0 radical (unpaired) electrons. The van der Waals surface area contributed by atoms with Gasteiger partial charge in [-0.05, 0) is 31.5 Å². The number of aliphatic hydroxyl groups is 1. The first-order valence-corrected chi connectivity index (χ1v) is 11.6. The van der Waals surface area contributed by atoms with Crippen molar-refractivity contribution in [3.63, 3.8) is 0 Å². The Labute approximate surface area is 141 Å². The van der Waals surface area contributed by atoms with Gasteiger partial charge in [0.1, 0.15) is 5.60 Å². The largest absolute Gasteiger partial charge is 0.411 e. The van der Waals surface area contributed by atoms with Crippen molar-refractivity contribution in [2.75, 3.05) is 13.7 Å². The first-order chi connectivity index (χ1) is 10.5. The molecule has 1 N–H and O–H groups in total. The molecule has 5 atom stereocenters. The van der Waals surface area contributed by atoms with Crippen LogP contribution in [0.25, 0.3) is 0 Å². The molecule has 136 valence electrons. The van der Waals surface area contributed by atoms with Crippen LogP contribution in [0.1, 0.15) is 47.0 Å². The highest BCUT2D eigenvalue weighted by Crippen LogP contribution is 2.43. The van der Waals surface area contributed by atoms with Crippen molar-refractivity contribution >= 4 is 8.32 Å². The highest BCUT2D eigenvalue weighted by molar-refractivity contribution is 6.74. The fourth-order valence-corrected chi connectivity index (χ4v) is 4.23. The van der Waals surface area contributed by atoms with Gasteiger partial charge in [-0.1, -0.05) is 20.8 Å². The smallest absolute Gasteiger partial charge is 0.192 e. The van der Waals surface area contributed by atoms with E-state index in [4.69, 9.17) is 18.6 Å². The van der Waals surface area contributed by atoms with Crippen molar-refractivity contribution in [1.82, 2.24) is 0 Å². The van der Waals surface area contributed by atoms with Crippen LogP contribution in [0.5, 0.6) is 0 Å². The summed E-state index contributed by atoms with van der Waals surface area (Å²) in [7, 11) is -0.169. The Morgan fingerprint density at radius 1 is 1.26 bits per heavy atom. The monoisotopic (exact) mass is 346 g/mol. The number of epoxide rings is 1. The van der Waals surface area contributed by atoms with Gasteiger partial charge in [-0.25, -0.2) is 0 Å². The summed E-state index contributed by atoms with van der Waals surface area (Å²) in [6.45, 7) is 13.3. The highest BCUT2D eigenvalue weighted by atomic mass is 28.4. The standard InChI is InChI=1S/C17H34O5Si/c1-16(2,3)23(6,7)22-12-8-9-15(19-5)20-13(12)10-14-17(4,11-18)21-14/h12-15,18H,8-11H2,1-7H3/t12-,13+,14-,15?,17-/m0/s1. The first-order valence-electron chi connectivity index (χ1n) is 8.67. The Kier molecular flexibility index (Phi) is 5.66. The second-order valence-electron chi connectivity index (χ2n) is 8.65. The van der Waals surface area contributed by atoms with Gasteiger partial charge in [0.05, 0.1) is 24.9 Å². The zero-order valence-electron chi connectivity index (χ0n) is 15.7. The number of aliphatic hydroxyl groups excluding tert-OH is 1. The van der Waals surface area contributed by atoms with E-state index in [0.29, 0.717) is 0 Å². The molecule has 2 aliphatic rings. The Bertz CT molecular complexity index is 408. The fourth-order valence-electron chi connectivity index (χ4n) is 2.85. The van der Waals surface area contributed by atoms with E-state index >= 15 is 0 Å². The van der Waals surface area contributed by atoms with E-state index in [-0.39, 0.29) is 36.2 Å². The van der Waals surface area contributed by atoms with E-state index < -0.39 is 13.9 Å². The molecule has 2 fully saturated rings. The van der Waals surface area contributed by atoms with Gasteiger partial charge < -0.3 is 23.7 Å². The Morgan fingerprint density at radius 3 is 2.39 bits per heavy atom. The lowest BCUT2D eigenvalue weighted by Gasteiger charge is -2.44. The lowest BCUT2D eigenvalue weighted by Crippen LogP contribution is -2.51. The number of rotatable bonds is 6. The van der Waals surface area contributed by atoms with Gasteiger partial charge in [0.15, 0.2) is 14.6 Å². The van der Waals surface area contributed by atoms with E-state index in [1.165, 1.54) is 0 Å². The number of ether oxygens (including phenoxy) is 3. The summed E-state index contributed by atoms with van der Waals surface area (Å²) < 4.78 is 23.8. The lowest BCUT2D eigenvalue weighted by molar-refractivity contribution is -0.211. The lowest BCUT2D eigenvalue weighted by atomic mass is 9.96. The van der Waals surface area contributed by atoms with Crippen LogP contribution in [0.3, 0.4) is 0 Å². The van der Waals surface area contributed by atoms with Crippen molar-refractivity contribution in [2.45, 2.75) is 95.3 Å². The highest BCUT2D eigenvalue weighted by Gasteiger charge is 2.54. The molecule has 5 nitrogen and oxygen atoms in total. The SMILES string of the molecule is COC1CC[C@H](O[Si](C)(C)C(C)(C)C)[C@@H](C[C@@H]2O[C@@]2(C)CO)O1.